The molecule has 0 bridgehead atoms. The van der Waals surface area contributed by atoms with Crippen LogP contribution in [0.25, 0.3) is 11.4 Å². The second kappa shape index (κ2) is 19.2. The minimum Gasteiger partial charge on any atom is -0.369 e. The first-order valence-corrected chi connectivity index (χ1v) is 16.2. The molecule has 4 heterocycles. The second-order valence-electron chi connectivity index (χ2n) is 11.5. The van der Waals surface area contributed by atoms with Crippen molar-refractivity contribution in [2.45, 2.75) is 53.1 Å². The van der Waals surface area contributed by atoms with Gasteiger partial charge in [-0.15, -0.1) is 49.2 Å². The van der Waals surface area contributed by atoms with E-state index in [0.29, 0.717) is 26.4 Å². The predicted octanol–water partition coefficient (Wildman–Crippen LogP) is 9.04. The van der Waals surface area contributed by atoms with E-state index < -0.39 is 35.8 Å². The van der Waals surface area contributed by atoms with E-state index in [1.165, 1.54) is 24.3 Å². The third kappa shape index (κ3) is 10.2. The van der Waals surface area contributed by atoms with Crippen LogP contribution in [0.4, 0.5) is 17.6 Å². The molecule has 264 valence electrons. The molecule has 0 atom stereocenters. The van der Waals surface area contributed by atoms with E-state index in [9.17, 15) is 17.6 Å². The molecule has 0 saturated carbocycles. The Morgan fingerprint density at radius 2 is 0.961 bits per heavy atom. The van der Waals surface area contributed by atoms with Crippen molar-refractivity contribution in [1.82, 2.24) is 9.13 Å². The summed E-state index contributed by atoms with van der Waals surface area (Å²) in [6.45, 7) is 9.62. The van der Waals surface area contributed by atoms with Crippen LogP contribution in [0.1, 0.15) is 59.3 Å². The number of benzene rings is 2. The first-order chi connectivity index (χ1) is 24.2. The number of allylic oxidation sites excluding steroid dienone is 8. The molecule has 0 radical (unpaired) electrons. The minimum absolute atomic E-state index is 0. The summed E-state index contributed by atoms with van der Waals surface area (Å²) in [5.41, 5.74) is 5.55. The summed E-state index contributed by atoms with van der Waals surface area (Å²) in [4.78, 5) is 0. The Hall–Kier alpha value is -3.77. The molecule has 4 aliphatic rings. The molecule has 2 fully saturated rings. The molecule has 4 aromatic rings. The molecular formula is C40H38F4N2O4Ti. The van der Waals surface area contributed by atoms with E-state index in [1.54, 1.807) is 9.13 Å². The topological polar surface area (TPSA) is 46.8 Å². The van der Waals surface area contributed by atoms with Crippen LogP contribution in [0, 0.1) is 75.2 Å². The number of hydrogen-bond acceptors (Lipinski definition) is 4. The van der Waals surface area contributed by atoms with E-state index in [0.717, 1.165) is 46.7 Å². The molecule has 2 saturated heterocycles. The number of nitrogens with zero attached hydrogens (tertiary/aromatic N) is 2. The maximum absolute atomic E-state index is 13.9. The number of ether oxygens (including phenoxy) is 4. The van der Waals surface area contributed by atoms with Crippen molar-refractivity contribution in [2.24, 2.45) is 0 Å². The Morgan fingerprint density at radius 3 is 1.24 bits per heavy atom. The monoisotopic (exact) mass is 734 g/mol. The summed E-state index contributed by atoms with van der Waals surface area (Å²) >= 11 is 0. The van der Waals surface area contributed by atoms with Crippen molar-refractivity contribution >= 4 is 0 Å². The van der Waals surface area contributed by atoms with Gasteiger partial charge in [-0.3, -0.25) is 12.2 Å². The molecular weight excluding hydrogens is 696 g/mol. The van der Waals surface area contributed by atoms with Crippen molar-refractivity contribution in [1.29, 1.82) is 0 Å². The van der Waals surface area contributed by atoms with E-state index in [1.807, 2.05) is 64.1 Å². The first-order valence-electron chi connectivity index (χ1n) is 16.2. The van der Waals surface area contributed by atoms with Crippen LogP contribution in [0.3, 0.4) is 0 Å². The zero-order valence-electron chi connectivity index (χ0n) is 28.9. The molecule has 2 aromatic heterocycles. The Balaban J connectivity index is 0.000000177. The molecule has 8 rings (SSSR count). The average Bonchev–Trinajstić information content (AvgIpc) is 3.93. The van der Waals surface area contributed by atoms with Gasteiger partial charge in [-0.25, -0.2) is 41.9 Å². The molecule has 2 aromatic carbocycles. The normalized spacial score (nSPS) is 16.0. The van der Waals surface area contributed by atoms with Gasteiger partial charge < -0.3 is 28.1 Å². The summed E-state index contributed by atoms with van der Waals surface area (Å²) in [7, 11) is 0. The van der Waals surface area contributed by atoms with Gasteiger partial charge in [0.05, 0.1) is 26.4 Å². The summed E-state index contributed by atoms with van der Waals surface area (Å²) < 4.78 is 79.1. The largest absolute Gasteiger partial charge is 4.00 e. The van der Waals surface area contributed by atoms with E-state index in [2.05, 4.69) is 36.4 Å². The molecule has 2 aliphatic heterocycles. The van der Waals surface area contributed by atoms with Gasteiger partial charge in [0.2, 0.25) is 0 Å². The zero-order chi connectivity index (χ0) is 35.6. The molecule has 0 spiro atoms. The fourth-order valence-corrected chi connectivity index (χ4v) is 5.77. The fraction of sp³-hybridized carbons (Fsp3) is 0.300. The third-order valence-electron chi connectivity index (χ3n) is 8.03. The van der Waals surface area contributed by atoms with Gasteiger partial charge in [0.25, 0.3) is 0 Å². The van der Waals surface area contributed by atoms with Crippen LogP contribution >= 0.6 is 0 Å². The third-order valence-corrected chi connectivity index (χ3v) is 8.03. The van der Waals surface area contributed by atoms with Crippen LogP contribution in [0.5, 0.6) is 0 Å². The van der Waals surface area contributed by atoms with Gasteiger partial charge >= 0.3 is 21.7 Å². The summed E-state index contributed by atoms with van der Waals surface area (Å²) in [6.07, 6.45) is 19.2. The number of aryl methyl sites for hydroxylation is 2. The molecule has 2 aliphatic carbocycles. The van der Waals surface area contributed by atoms with Crippen LogP contribution in [0.2, 0.25) is 0 Å². The molecule has 51 heavy (non-hydrogen) atoms. The maximum atomic E-state index is 13.9. The van der Waals surface area contributed by atoms with E-state index in [-0.39, 0.29) is 33.1 Å². The van der Waals surface area contributed by atoms with Crippen molar-refractivity contribution < 1.29 is 58.2 Å². The minimum atomic E-state index is -0.716. The van der Waals surface area contributed by atoms with Crippen LogP contribution in [-0.2, 0) is 40.7 Å². The summed E-state index contributed by atoms with van der Waals surface area (Å²) in [5, 5.41) is 0. The number of halogens is 4. The Kier molecular flexibility index (Phi) is 15.0. The molecule has 6 nitrogen and oxygen atoms in total. The number of rotatable bonds is 4. The summed E-state index contributed by atoms with van der Waals surface area (Å²) in [5.74, 6) is -2.86. The SMILES string of the molecule is Cc1cc(C2OCCO2)c(C)n1-c1ccc(F)[c-]c1F.Cc1cc(C2OCCO2)c(C)n1-c1ccc(F)[c-]c1F.[C-]1=CC=CC1.[C-]1=CC=CC1.[Ti+4]. The van der Waals surface area contributed by atoms with Crippen molar-refractivity contribution in [3.05, 3.63) is 154 Å². The Labute approximate surface area is 311 Å². The van der Waals surface area contributed by atoms with Gasteiger partial charge in [0, 0.05) is 57.2 Å². The van der Waals surface area contributed by atoms with Crippen molar-refractivity contribution in [3.8, 4) is 11.4 Å². The molecule has 0 unspecified atom stereocenters. The second-order valence-corrected chi connectivity index (χ2v) is 11.5. The molecule has 11 heteroatoms. The predicted molar refractivity (Wildman–Crippen MR) is 180 cm³/mol. The van der Waals surface area contributed by atoms with Gasteiger partial charge in [-0.1, -0.05) is 0 Å². The standard InChI is InChI=1S/2C15H14F2NO2.2C5H5.Ti/c2*1-9-7-12(15-19-5-6-20-15)10(2)18(9)14-4-3-11(16)8-13(14)17;2*1-2-4-5-3-1;/h2*3-4,7,15H,5-6H2,1-2H3;2*1-3H,4H2;/q4*-1;+4. The maximum Gasteiger partial charge on any atom is 4.00 e. The van der Waals surface area contributed by atoms with Crippen LogP contribution < -0.4 is 0 Å². The Morgan fingerprint density at radius 1 is 0.588 bits per heavy atom. The van der Waals surface area contributed by atoms with Crippen LogP contribution in [-0.4, -0.2) is 35.6 Å². The summed E-state index contributed by atoms with van der Waals surface area (Å²) in [6, 6.07) is 13.1. The van der Waals surface area contributed by atoms with Gasteiger partial charge in [0.1, 0.15) is 0 Å². The smallest absolute Gasteiger partial charge is 0.369 e. The Bertz CT molecular complexity index is 1730. The van der Waals surface area contributed by atoms with Gasteiger partial charge in [-0.2, -0.15) is 12.2 Å². The molecule has 0 N–H and O–H groups in total. The van der Waals surface area contributed by atoms with E-state index in [4.69, 9.17) is 18.9 Å². The van der Waals surface area contributed by atoms with Crippen molar-refractivity contribution in [3.63, 3.8) is 0 Å². The average molecular weight is 735 g/mol. The van der Waals surface area contributed by atoms with Gasteiger partial charge in [0.15, 0.2) is 12.6 Å². The molecule has 0 amide bonds. The van der Waals surface area contributed by atoms with Crippen molar-refractivity contribution in [2.75, 3.05) is 26.4 Å². The van der Waals surface area contributed by atoms with E-state index >= 15 is 0 Å². The first kappa shape index (κ1) is 40.0. The van der Waals surface area contributed by atoms with Crippen LogP contribution in [0.15, 0.2) is 72.9 Å². The number of aromatic nitrogens is 2. The van der Waals surface area contributed by atoms with Gasteiger partial charge in [-0.05, 0) is 51.2 Å². The quantitative estimate of drug-likeness (QED) is 0.119. The fourth-order valence-electron chi connectivity index (χ4n) is 5.77. The number of hydrogen-bond donors (Lipinski definition) is 0. The zero-order valence-corrected chi connectivity index (χ0v) is 30.4.